The van der Waals surface area contributed by atoms with Crippen LogP contribution in [0.5, 0.6) is 0 Å². The molecule has 108 valence electrons. The number of nitrogens with two attached hydrogens (primary N) is 1. The van der Waals surface area contributed by atoms with Gasteiger partial charge in [0.1, 0.15) is 0 Å². The predicted molar refractivity (Wildman–Crippen MR) is 67.5 cm³/mol. The molecule has 0 aromatic carbocycles. The lowest BCUT2D eigenvalue weighted by atomic mass is 10.0. The number of nitrogens with one attached hydrogen (secondary N) is 2. The molecule has 0 bridgehead atoms. The summed E-state index contributed by atoms with van der Waals surface area (Å²) in [4.78, 5) is 34.3. The first-order valence-corrected chi connectivity index (χ1v) is 6.27. The lowest BCUT2D eigenvalue weighted by Crippen LogP contribution is -2.42. The number of carboxylic acid groups (broad SMARTS) is 1. The van der Waals surface area contributed by atoms with Crippen LogP contribution in [0.25, 0.3) is 0 Å². The Labute approximate surface area is 111 Å². The van der Waals surface area contributed by atoms with Crippen molar-refractivity contribution in [3.8, 4) is 0 Å². The van der Waals surface area contributed by atoms with E-state index in [9.17, 15) is 14.4 Å². The predicted octanol–water partition coefficient (Wildman–Crippen LogP) is -0.449. The number of aliphatic carboxylic acids is 1. The molecular formula is C11H20N4O4. The third-order valence-corrected chi connectivity index (χ3v) is 3.04. The molecule has 0 saturated carbocycles. The van der Waals surface area contributed by atoms with Gasteiger partial charge in [-0.05, 0) is 18.8 Å². The van der Waals surface area contributed by atoms with Gasteiger partial charge in [0.15, 0.2) is 0 Å². The van der Waals surface area contributed by atoms with E-state index in [0.717, 1.165) is 6.42 Å². The first kappa shape index (κ1) is 15.1. The minimum Gasteiger partial charge on any atom is -0.481 e. The molecule has 19 heavy (non-hydrogen) atoms. The molecule has 4 amide bonds. The van der Waals surface area contributed by atoms with Gasteiger partial charge in [-0.3, -0.25) is 4.79 Å². The highest BCUT2D eigenvalue weighted by molar-refractivity contribution is 5.75. The molecule has 1 fully saturated rings. The van der Waals surface area contributed by atoms with Crippen molar-refractivity contribution >= 4 is 18.0 Å². The Bertz CT molecular complexity index is 348. The summed E-state index contributed by atoms with van der Waals surface area (Å²) in [6.07, 6.45) is 1.57. The Hall–Kier alpha value is -1.99. The molecule has 0 aliphatic carbocycles. The molecule has 0 aromatic rings. The van der Waals surface area contributed by atoms with Crippen molar-refractivity contribution in [2.75, 3.05) is 26.2 Å². The molecule has 0 radical (unpaired) electrons. The number of likely N-dealkylation sites (tertiary alicyclic amines) is 1. The molecule has 1 atom stereocenters. The number of amides is 4. The SMILES string of the molecule is NC(=O)NCCNC(=O)N1CCC(CCC(=O)O)C1. The Kier molecular flexibility index (Phi) is 5.91. The van der Waals surface area contributed by atoms with Crippen LogP contribution in [0.2, 0.25) is 0 Å². The summed E-state index contributed by atoms with van der Waals surface area (Å²) < 4.78 is 0. The van der Waals surface area contributed by atoms with E-state index in [1.807, 2.05) is 0 Å². The van der Waals surface area contributed by atoms with Crippen LogP contribution in [0.4, 0.5) is 9.59 Å². The minimum atomic E-state index is -0.805. The zero-order valence-electron chi connectivity index (χ0n) is 10.7. The number of carboxylic acids is 1. The number of carbonyl (C=O) groups is 3. The summed E-state index contributed by atoms with van der Waals surface area (Å²) in [5, 5.41) is 13.6. The molecular weight excluding hydrogens is 252 g/mol. The fraction of sp³-hybridized carbons (Fsp3) is 0.727. The second kappa shape index (κ2) is 7.45. The third kappa shape index (κ3) is 5.94. The average molecular weight is 272 g/mol. The van der Waals surface area contributed by atoms with Gasteiger partial charge in [-0.2, -0.15) is 0 Å². The average Bonchev–Trinajstić information content (AvgIpc) is 2.80. The van der Waals surface area contributed by atoms with Crippen molar-refractivity contribution in [2.45, 2.75) is 19.3 Å². The van der Waals surface area contributed by atoms with Crippen molar-refractivity contribution in [1.82, 2.24) is 15.5 Å². The maximum absolute atomic E-state index is 11.7. The lowest BCUT2D eigenvalue weighted by molar-refractivity contribution is -0.137. The smallest absolute Gasteiger partial charge is 0.317 e. The quantitative estimate of drug-likeness (QED) is 0.489. The van der Waals surface area contributed by atoms with Gasteiger partial charge in [0.2, 0.25) is 0 Å². The first-order chi connectivity index (χ1) is 8.99. The van der Waals surface area contributed by atoms with E-state index in [2.05, 4.69) is 10.6 Å². The van der Waals surface area contributed by atoms with Crippen LogP contribution in [0.3, 0.4) is 0 Å². The zero-order chi connectivity index (χ0) is 14.3. The van der Waals surface area contributed by atoms with Gasteiger partial charge < -0.3 is 26.4 Å². The highest BCUT2D eigenvalue weighted by atomic mass is 16.4. The molecule has 1 heterocycles. The molecule has 0 spiro atoms. The molecule has 8 heteroatoms. The highest BCUT2D eigenvalue weighted by Gasteiger charge is 2.26. The number of urea groups is 2. The highest BCUT2D eigenvalue weighted by Crippen LogP contribution is 2.20. The third-order valence-electron chi connectivity index (χ3n) is 3.04. The normalized spacial score (nSPS) is 18.1. The van der Waals surface area contributed by atoms with Gasteiger partial charge in [0, 0.05) is 32.6 Å². The van der Waals surface area contributed by atoms with Crippen LogP contribution >= 0.6 is 0 Å². The van der Waals surface area contributed by atoms with Crippen molar-refractivity contribution in [3.05, 3.63) is 0 Å². The van der Waals surface area contributed by atoms with Crippen LogP contribution in [0, 0.1) is 5.92 Å². The van der Waals surface area contributed by atoms with Crippen molar-refractivity contribution in [2.24, 2.45) is 11.7 Å². The zero-order valence-corrected chi connectivity index (χ0v) is 10.7. The van der Waals surface area contributed by atoms with Gasteiger partial charge >= 0.3 is 18.0 Å². The summed E-state index contributed by atoms with van der Waals surface area (Å²) in [7, 11) is 0. The molecule has 1 saturated heterocycles. The molecule has 1 unspecified atom stereocenters. The minimum absolute atomic E-state index is 0.142. The van der Waals surface area contributed by atoms with Crippen LogP contribution in [0.15, 0.2) is 0 Å². The van der Waals surface area contributed by atoms with E-state index in [1.54, 1.807) is 4.90 Å². The standard InChI is InChI=1S/C11H20N4O4/c12-10(18)13-4-5-14-11(19)15-6-3-8(7-15)1-2-9(16)17/h8H,1-7H2,(H,14,19)(H,16,17)(H3,12,13,18). The fourth-order valence-electron chi connectivity index (χ4n) is 2.05. The summed E-state index contributed by atoms with van der Waals surface area (Å²) in [6, 6.07) is -0.812. The topological polar surface area (TPSA) is 125 Å². The maximum Gasteiger partial charge on any atom is 0.317 e. The first-order valence-electron chi connectivity index (χ1n) is 6.27. The Morgan fingerprint density at radius 3 is 2.58 bits per heavy atom. The second-order valence-corrected chi connectivity index (χ2v) is 4.56. The Morgan fingerprint density at radius 2 is 1.95 bits per heavy atom. The summed E-state index contributed by atoms with van der Waals surface area (Å²) in [5.41, 5.74) is 4.89. The van der Waals surface area contributed by atoms with Gasteiger partial charge in [0.25, 0.3) is 0 Å². The van der Waals surface area contributed by atoms with Crippen molar-refractivity contribution < 1.29 is 19.5 Å². The Balaban J connectivity index is 2.17. The van der Waals surface area contributed by atoms with Crippen LogP contribution in [-0.2, 0) is 4.79 Å². The molecule has 8 nitrogen and oxygen atoms in total. The van der Waals surface area contributed by atoms with Crippen molar-refractivity contribution in [3.63, 3.8) is 0 Å². The van der Waals surface area contributed by atoms with Gasteiger partial charge in [-0.15, -0.1) is 0 Å². The lowest BCUT2D eigenvalue weighted by Gasteiger charge is -2.17. The molecule has 1 rings (SSSR count). The number of hydrogen-bond acceptors (Lipinski definition) is 3. The second-order valence-electron chi connectivity index (χ2n) is 4.56. The van der Waals surface area contributed by atoms with E-state index in [-0.39, 0.29) is 24.9 Å². The largest absolute Gasteiger partial charge is 0.481 e. The molecule has 0 aromatic heterocycles. The number of nitrogens with zero attached hydrogens (tertiary/aromatic N) is 1. The number of primary amides is 1. The Morgan fingerprint density at radius 1 is 1.26 bits per heavy atom. The van der Waals surface area contributed by atoms with Crippen molar-refractivity contribution in [1.29, 1.82) is 0 Å². The number of rotatable bonds is 6. The van der Waals surface area contributed by atoms with Gasteiger partial charge in [-0.25, -0.2) is 9.59 Å². The maximum atomic E-state index is 11.7. The monoisotopic (exact) mass is 272 g/mol. The van der Waals surface area contributed by atoms with Crippen LogP contribution in [-0.4, -0.2) is 54.2 Å². The van der Waals surface area contributed by atoms with E-state index >= 15 is 0 Å². The van der Waals surface area contributed by atoms with Crippen LogP contribution in [0.1, 0.15) is 19.3 Å². The summed E-state index contributed by atoms with van der Waals surface area (Å²) in [5.74, 6) is -0.550. The number of carbonyl (C=O) groups excluding carboxylic acids is 2. The summed E-state index contributed by atoms with van der Waals surface area (Å²) >= 11 is 0. The van der Waals surface area contributed by atoms with E-state index in [4.69, 9.17) is 10.8 Å². The fourth-order valence-corrected chi connectivity index (χ4v) is 2.05. The summed E-state index contributed by atoms with van der Waals surface area (Å²) in [6.45, 7) is 1.83. The van der Waals surface area contributed by atoms with E-state index < -0.39 is 12.0 Å². The molecule has 1 aliphatic rings. The van der Waals surface area contributed by atoms with E-state index in [0.29, 0.717) is 26.1 Å². The molecule has 1 aliphatic heterocycles. The van der Waals surface area contributed by atoms with Gasteiger partial charge in [-0.1, -0.05) is 0 Å². The molecule has 5 N–H and O–H groups in total. The van der Waals surface area contributed by atoms with E-state index in [1.165, 1.54) is 0 Å². The van der Waals surface area contributed by atoms with Gasteiger partial charge in [0.05, 0.1) is 0 Å². The van der Waals surface area contributed by atoms with Crippen LogP contribution < -0.4 is 16.4 Å². The number of hydrogen-bond donors (Lipinski definition) is 4.